The largest absolute Gasteiger partial charge is 0.313 e. The van der Waals surface area contributed by atoms with Gasteiger partial charge in [0, 0.05) is 36.5 Å². The fraction of sp³-hybridized carbons (Fsp3) is 0.400. The van der Waals surface area contributed by atoms with E-state index in [1.807, 2.05) is 23.7 Å². The first kappa shape index (κ1) is 12.8. The maximum atomic E-state index is 13.0. The highest BCUT2D eigenvalue weighted by Crippen LogP contribution is 2.24. The second kappa shape index (κ2) is 5.80. The zero-order chi connectivity index (χ0) is 13.1. The second-order valence-corrected chi connectivity index (χ2v) is 6.04. The molecule has 1 unspecified atom stereocenters. The van der Waals surface area contributed by atoms with Gasteiger partial charge in [-0.3, -0.25) is 0 Å². The van der Waals surface area contributed by atoms with Crippen LogP contribution in [0.5, 0.6) is 0 Å². The molecule has 1 fully saturated rings. The number of aromatic nitrogens is 1. The van der Waals surface area contributed by atoms with Crippen molar-refractivity contribution in [3.8, 4) is 0 Å². The van der Waals surface area contributed by atoms with Gasteiger partial charge in [0.2, 0.25) is 0 Å². The lowest BCUT2D eigenvalue weighted by Gasteiger charge is -2.17. The van der Waals surface area contributed by atoms with Crippen molar-refractivity contribution < 1.29 is 4.39 Å². The molecule has 1 atom stereocenters. The van der Waals surface area contributed by atoms with Crippen LogP contribution in [0.25, 0.3) is 0 Å². The van der Waals surface area contributed by atoms with E-state index in [9.17, 15) is 4.39 Å². The van der Waals surface area contributed by atoms with Gasteiger partial charge >= 0.3 is 0 Å². The van der Waals surface area contributed by atoms with E-state index in [1.54, 1.807) is 23.5 Å². The van der Waals surface area contributed by atoms with Crippen molar-refractivity contribution in [2.75, 3.05) is 6.54 Å². The molecule has 0 amide bonds. The molecule has 1 N–H and O–H groups in total. The van der Waals surface area contributed by atoms with E-state index in [0.29, 0.717) is 12.0 Å². The number of halogens is 1. The standard InChI is InChI=1S/C15H17FN2S/c16-13-3-1-11(2-4-13)12(10-18-14-5-6-14)9-15-17-7-8-19-15/h1-4,7-8,12,14,18H,5-6,9-10H2. The zero-order valence-corrected chi connectivity index (χ0v) is 11.5. The summed E-state index contributed by atoms with van der Waals surface area (Å²) in [6, 6.07) is 7.56. The summed E-state index contributed by atoms with van der Waals surface area (Å²) in [6.45, 7) is 0.940. The van der Waals surface area contributed by atoms with Crippen LogP contribution in [-0.2, 0) is 6.42 Å². The minimum atomic E-state index is -0.174. The second-order valence-electron chi connectivity index (χ2n) is 5.06. The molecule has 0 spiro atoms. The summed E-state index contributed by atoms with van der Waals surface area (Å²) in [5.41, 5.74) is 1.18. The lowest BCUT2D eigenvalue weighted by Crippen LogP contribution is -2.24. The van der Waals surface area contributed by atoms with Gasteiger partial charge in [0.25, 0.3) is 0 Å². The van der Waals surface area contributed by atoms with Crippen LogP contribution in [0.4, 0.5) is 4.39 Å². The van der Waals surface area contributed by atoms with Gasteiger partial charge in [0.15, 0.2) is 0 Å². The molecule has 2 aromatic rings. The molecular weight excluding hydrogens is 259 g/mol. The van der Waals surface area contributed by atoms with Crippen LogP contribution in [0.1, 0.15) is 29.3 Å². The predicted molar refractivity (Wildman–Crippen MR) is 76.0 cm³/mol. The van der Waals surface area contributed by atoms with Gasteiger partial charge in [0.1, 0.15) is 5.82 Å². The van der Waals surface area contributed by atoms with Gasteiger partial charge in [0.05, 0.1) is 5.01 Å². The maximum Gasteiger partial charge on any atom is 0.123 e. The summed E-state index contributed by atoms with van der Waals surface area (Å²) in [5, 5.41) is 6.72. The van der Waals surface area contributed by atoms with Crippen molar-refractivity contribution >= 4 is 11.3 Å². The highest BCUT2D eigenvalue weighted by molar-refractivity contribution is 7.09. The maximum absolute atomic E-state index is 13.0. The number of thiazole rings is 1. The van der Waals surface area contributed by atoms with Gasteiger partial charge < -0.3 is 5.32 Å². The smallest absolute Gasteiger partial charge is 0.123 e. The molecule has 19 heavy (non-hydrogen) atoms. The molecule has 0 aliphatic heterocycles. The van der Waals surface area contributed by atoms with Crippen molar-refractivity contribution in [2.24, 2.45) is 0 Å². The molecule has 1 aliphatic carbocycles. The average Bonchev–Trinajstić information content (AvgIpc) is 3.11. The van der Waals surface area contributed by atoms with Crippen molar-refractivity contribution in [2.45, 2.75) is 31.2 Å². The lowest BCUT2D eigenvalue weighted by molar-refractivity contribution is 0.573. The van der Waals surface area contributed by atoms with E-state index in [2.05, 4.69) is 10.3 Å². The van der Waals surface area contributed by atoms with E-state index in [0.717, 1.165) is 18.0 Å². The Hall–Kier alpha value is -1.26. The first-order valence-corrected chi connectivity index (χ1v) is 7.56. The minimum Gasteiger partial charge on any atom is -0.313 e. The van der Waals surface area contributed by atoms with Gasteiger partial charge in [-0.05, 0) is 30.5 Å². The first-order chi connectivity index (χ1) is 9.31. The monoisotopic (exact) mass is 276 g/mol. The number of nitrogens with zero attached hydrogens (tertiary/aromatic N) is 1. The predicted octanol–water partition coefficient (Wildman–Crippen LogP) is 3.36. The molecule has 1 aromatic heterocycles. The Morgan fingerprint density at radius 3 is 2.74 bits per heavy atom. The van der Waals surface area contributed by atoms with Crippen LogP contribution < -0.4 is 5.32 Å². The Morgan fingerprint density at radius 2 is 2.11 bits per heavy atom. The summed E-state index contributed by atoms with van der Waals surface area (Å²) in [5.74, 6) is 0.194. The summed E-state index contributed by atoms with van der Waals surface area (Å²) >= 11 is 1.69. The molecule has 0 saturated heterocycles. The molecule has 1 saturated carbocycles. The molecule has 3 rings (SSSR count). The number of benzene rings is 1. The zero-order valence-electron chi connectivity index (χ0n) is 10.7. The minimum absolute atomic E-state index is 0.174. The third-order valence-corrected chi connectivity index (χ3v) is 4.28. The molecule has 0 bridgehead atoms. The Labute approximate surface area is 116 Å². The normalized spacial score (nSPS) is 16.5. The third-order valence-electron chi connectivity index (χ3n) is 3.48. The Bertz CT molecular complexity index is 505. The first-order valence-electron chi connectivity index (χ1n) is 6.68. The van der Waals surface area contributed by atoms with E-state index in [4.69, 9.17) is 0 Å². The highest BCUT2D eigenvalue weighted by Gasteiger charge is 2.23. The summed E-state index contributed by atoms with van der Waals surface area (Å²) < 4.78 is 13.0. The lowest BCUT2D eigenvalue weighted by atomic mass is 9.96. The van der Waals surface area contributed by atoms with Gasteiger partial charge in [-0.15, -0.1) is 11.3 Å². The number of hydrogen-bond donors (Lipinski definition) is 1. The van der Waals surface area contributed by atoms with Crippen molar-refractivity contribution in [1.29, 1.82) is 0 Å². The van der Waals surface area contributed by atoms with Crippen LogP contribution in [0.2, 0.25) is 0 Å². The highest BCUT2D eigenvalue weighted by atomic mass is 32.1. The topological polar surface area (TPSA) is 24.9 Å². The number of rotatable bonds is 6. The van der Waals surface area contributed by atoms with E-state index in [1.165, 1.54) is 18.4 Å². The molecule has 2 nitrogen and oxygen atoms in total. The van der Waals surface area contributed by atoms with Crippen LogP contribution in [0.3, 0.4) is 0 Å². The van der Waals surface area contributed by atoms with Gasteiger partial charge in [-0.2, -0.15) is 0 Å². The van der Waals surface area contributed by atoms with E-state index >= 15 is 0 Å². The van der Waals surface area contributed by atoms with Crippen LogP contribution in [-0.4, -0.2) is 17.6 Å². The molecular formula is C15H17FN2S. The average molecular weight is 276 g/mol. The fourth-order valence-electron chi connectivity index (χ4n) is 2.20. The number of nitrogens with one attached hydrogen (secondary N) is 1. The Kier molecular flexibility index (Phi) is 3.89. The molecule has 1 aromatic carbocycles. The molecule has 4 heteroatoms. The van der Waals surface area contributed by atoms with Crippen molar-refractivity contribution in [1.82, 2.24) is 10.3 Å². The summed E-state index contributed by atoms with van der Waals surface area (Å²) in [4.78, 5) is 4.36. The molecule has 1 aliphatic rings. The molecule has 0 radical (unpaired) electrons. The van der Waals surface area contributed by atoms with Crippen molar-refractivity contribution in [3.05, 3.63) is 52.2 Å². The third kappa shape index (κ3) is 3.61. The van der Waals surface area contributed by atoms with Crippen LogP contribution >= 0.6 is 11.3 Å². The number of hydrogen-bond acceptors (Lipinski definition) is 3. The quantitative estimate of drug-likeness (QED) is 0.875. The SMILES string of the molecule is Fc1ccc(C(CNC2CC2)Cc2nccs2)cc1. The molecule has 1 heterocycles. The van der Waals surface area contributed by atoms with E-state index < -0.39 is 0 Å². The fourth-order valence-corrected chi connectivity index (χ4v) is 2.90. The van der Waals surface area contributed by atoms with Crippen molar-refractivity contribution in [3.63, 3.8) is 0 Å². The summed E-state index contributed by atoms with van der Waals surface area (Å²) in [6.07, 6.45) is 5.33. The van der Waals surface area contributed by atoms with Gasteiger partial charge in [-0.25, -0.2) is 9.37 Å². The summed E-state index contributed by atoms with van der Waals surface area (Å²) in [7, 11) is 0. The van der Waals surface area contributed by atoms with Gasteiger partial charge in [-0.1, -0.05) is 12.1 Å². The Morgan fingerprint density at radius 1 is 1.32 bits per heavy atom. The van der Waals surface area contributed by atoms with E-state index in [-0.39, 0.29) is 5.82 Å². The van der Waals surface area contributed by atoms with Crippen LogP contribution in [0.15, 0.2) is 35.8 Å². The Balaban J connectivity index is 1.71. The molecule has 100 valence electrons. The van der Waals surface area contributed by atoms with Crippen LogP contribution in [0, 0.1) is 5.82 Å².